The summed E-state index contributed by atoms with van der Waals surface area (Å²) in [5.74, 6) is 0.279. The molecule has 3 aliphatic heterocycles. The molecular weight excluding hydrogens is 733 g/mol. The summed E-state index contributed by atoms with van der Waals surface area (Å²) in [6.07, 6.45) is 0.858. The highest BCUT2D eigenvalue weighted by atomic mass is 16.6. The number of amides is 3. The first-order valence-electron chi connectivity index (χ1n) is 19.9. The number of benzene rings is 4. The maximum Gasteiger partial charge on any atom is 0.415 e. The number of aromatic nitrogens is 1. The van der Waals surface area contributed by atoms with Crippen LogP contribution in [0.25, 0.3) is 11.3 Å². The molecule has 3 aliphatic rings. The molecule has 4 aromatic carbocycles. The zero-order chi connectivity index (χ0) is 40.5. The molecule has 2 N–H and O–H groups in total. The van der Waals surface area contributed by atoms with Crippen molar-refractivity contribution in [2.45, 2.75) is 38.9 Å². The van der Waals surface area contributed by atoms with Gasteiger partial charge in [0.15, 0.2) is 0 Å². The standard InChI is InChI=1S/C46H50N6O6/c1-30-40(44(54)49(4)36-11-13-38(53)14-12-36)26-43(48(30)3)41-24-32-17-18-51(46(56)58-39-15-9-35(47-2)10-16-39)27-34(32)25-42(41)45(55)52-28-33-8-6-5-7-31(33)23-37(52)29-50-19-21-57-22-20-50/h5-16,24-26,37,47,53H,17-23,27-29H2,1-4H3/t37-/m0/s1. The van der Waals surface area contributed by atoms with Crippen LogP contribution >= 0.6 is 0 Å². The van der Waals surface area contributed by atoms with Crippen molar-refractivity contribution in [1.82, 2.24) is 19.3 Å². The number of anilines is 2. The lowest BCUT2D eigenvalue weighted by Gasteiger charge is -2.41. The Morgan fingerprint density at radius 1 is 0.862 bits per heavy atom. The van der Waals surface area contributed by atoms with Gasteiger partial charge >= 0.3 is 6.09 Å². The number of carbonyl (C=O) groups is 3. The molecule has 300 valence electrons. The Hall–Kier alpha value is -6.11. The molecule has 1 fully saturated rings. The minimum Gasteiger partial charge on any atom is -0.508 e. The van der Waals surface area contributed by atoms with Crippen LogP contribution in [-0.2, 0) is 37.7 Å². The number of phenols is 1. The Morgan fingerprint density at radius 3 is 2.31 bits per heavy atom. The van der Waals surface area contributed by atoms with Crippen molar-refractivity contribution in [2.24, 2.45) is 7.05 Å². The van der Waals surface area contributed by atoms with Crippen LogP contribution in [0.2, 0.25) is 0 Å². The molecule has 0 saturated carbocycles. The van der Waals surface area contributed by atoms with Crippen molar-refractivity contribution >= 4 is 29.3 Å². The van der Waals surface area contributed by atoms with Gasteiger partial charge < -0.3 is 39.2 Å². The Labute approximate surface area is 339 Å². The number of rotatable bonds is 8. The molecule has 58 heavy (non-hydrogen) atoms. The van der Waals surface area contributed by atoms with E-state index in [1.165, 1.54) is 5.56 Å². The maximum atomic E-state index is 15.4. The van der Waals surface area contributed by atoms with Crippen LogP contribution in [0.5, 0.6) is 11.5 Å². The SMILES string of the molecule is CNc1ccc(OC(=O)N2CCc3cc(-c4cc(C(=O)N(C)c5ccc(O)cc5)c(C)n4C)c(C(=O)N4Cc5ccccc5C[C@H]4CN4CCOCC4)cc3C2)cc1. The van der Waals surface area contributed by atoms with Crippen molar-refractivity contribution in [3.63, 3.8) is 0 Å². The van der Waals surface area contributed by atoms with Gasteiger partial charge in [0.2, 0.25) is 0 Å². The summed E-state index contributed by atoms with van der Waals surface area (Å²) in [6, 6.07) is 28.0. The second kappa shape index (κ2) is 16.4. The molecule has 8 rings (SSSR count). The molecule has 0 aliphatic carbocycles. The minimum absolute atomic E-state index is 0.0728. The number of ether oxygens (including phenoxy) is 2. The third-order valence-corrected chi connectivity index (χ3v) is 12.0. The van der Waals surface area contributed by atoms with Crippen LogP contribution in [0.3, 0.4) is 0 Å². The molecule has 12 nitrogen and oxygen atoms in total. The van der Waals surface area contributed by atoms with Gasteiger partial charge in [-0.05, 0) is 109 Å². The van der Waals surface area contributed by atoms with Gasteiger partial charge in [-0.3, -0.25) is 14.5 Å². The van der Waals surface area contributed by atoms with E-state index in [0.29, 0.717) is 55.3 Å². The zero-order valence-electron chi connectivity index (χ0n) is 33.5. The highest BCUT2D eigenvalue weighted by Crippen LogP contribution is 2.36. The monoisotopic (exact) mass is 782 g/mol. The summed E-state index contributed by atoms with van der Waals surface area (Å²) in [5.41, 5.74) is 9.15. The highest BCUT2D eigenvalue weighted by Gasteiger charge is 2.35. The number of aromatic hydroxyl groups is 1. The number of hydrogen-bond acceptors (Lipinski definition) is 8. The van der Waals surface area contributed by atoms with E-state index in [0.717, 1.165) is 65.4 Å². The van der Waals surface area contributed by atoms with E-state index in [2.05, 4.69) is 34.5 Å². The van der Waals surface area contributed by atoms with Gasteiger partial charge in [-0.25, -0.2) is 4.79 Å². The number of fused-ring (bicyclic) bond motifs is 2. The van der Waals surface area contributed by atoms with Crippen molar-refractivity contribution in [1.29, 1.82) is 0 Å². The minimum atomic E-state index is -0.447. The van der Waals surface area contributed by atoms with E-state index in [-0.39, 0.29) is 30.2 Å². The van der Waals surface area contributed by atoms with Crippen LogP contribution in [0.1, 0.15) is 48.7 Å². The van der Waals surface area contributed by atoms with Crippen LogP contribution < -0.4 is 15.0 Å². The molecule has 0 radical (unpaired) electrons. The van der Waals surface area contributed by atoms with Crippen LogP contribution in [-0.4, -0.2) is 102 Å². The fraction of sp³-hybridized carbons (Fsp3) is 0.326. The van der Waals surface area contributed by atoms with Crippen LogP contribution in [0.15, 0.2) is 91.0 Å². The summed E-state index contributed by atoms with van der Waals surface area (Å²) in [6.45, 7) is 6.81. The van der Waals surface area contributed by atoms with E-state index >= 15 is 4.79 Å². The number of morpholine rings is 1. The number of nitrogens with zero attached hydrogens (tertiary/aromatic N) is 5. The molecule has 12 heteroatoms. The normalized spacial score (nSPS) is 16.7. The average molecular weight is 783 g/mol. The van der Waals surface area contributed by atoms with E-state index in [1.54, 1.807) is 53.2 Å². The molecule has 3 amide bonds. The summed E-state index contributed by atoms with van der Waals surface area (Å²) < 4.78 is 13.4. The van der Waals surface area contributed by atoms with Crippen LogP contribution in [0.4, 0.5) is 16.2 Å². The van der Waals surface area contributed by atoms with Gasteiger partial charge in [-0.1, -0.05) is 24.3 Å². The molecule has 0 spiro atoms. The predicted octanol–water partition coefficient (Wildman–Crippen LogP) is 6.48. The van der Waals surface area contributed by atoms with Gasteiger partial charge in [0, 0.05) is 100 Å². The maximum absolute atomic E-state index is 15.4. The van der Waals surface area contributed by atoms with E-state index in [1.807, 2.05) is 60.8 Å². The molecule has 5 aromatic rings. The fourth-order valence-electron chi connectivity index (χ4n) is 8.38. The predicted molar refractivity (Wildman–Crippen MR) is 224 cm³/mol. The average Bonchev–Trinajstić information content (AvgIpc) is 3.55. The van der Waals surface area contributed by atoms with Gasteiger partial charge in [0.25, 0.3) is 11.8 Å². The van der Waals surface area contributed by atoms with Crippen LogP contribution in [0, 0.1) is 6.92 Å². The van der Waals surface area contributed by atoms with Gasteiger partial charge in [-0.2, -0.15) is 0 Å². The van der Waals surface area contributed by atoms with E-state index in [9.17, 15) is 14.7 Å². The number of nitrogens with one attached hydrogen (secondary N) is 1. The Balaban J connectivity index is 1.17. The fourth-order valence-corrected chi connectivity index (χ4v) is 8.38. The van der Waals surface area contributed by atoms with Crippen molar-refractivity contribution < 1.29 is 29.0 Å². The second-order valence-corrected chi connectivity index (χ2v) is 15.4. The molecule has 1 atom stereocenters. The van der Waals surface area contributed by atoms with E-state index in [4.69, 9.17) is 9.47 Å². The third kappa shape index (κ3) is 7.77. The quantitative estimate of drug-likeness (QED) is 0.184. The zero-order valence-corrected chi connectivity index (χ0v) is 33.5. The molecular formula is C46H50N6O6. The lowest BCUT2D eigenvalue weighted by atomic mass is 9.89. The lowest BCUT2D eigenvalue weighted by Crippen LogP contribution is -2.52. The van der Waals surface area contributed by atoms with Gasteiger partial charge in [-0.15, -0.1) is 0 Å². The Morgan fingerprint density at radius 2 is 1.59 bits per heavy atom. The topological polar surface area (TPSA) is 120 Å². The summed E-state index contributed by atoms with van der Waals surface area (Å²) in [7, 11) is 5.47. The lowest BCUT2D eigenvalue weighted by molar-refractivity contribution is 0.0193. The van der Waals surface area contributed by atoms with Gasteiger partial charge in [0.05, 0.1) is 18.8 Å². The third-order valence-electron chi connectivity index (χ3n) is 12.0. The smallest absolute Gasteiger partial charge is 0.415 e. The summed E-state index contributed by atoms with van der Waals surface area (Å²) >= 11 is 0. The molecule has 1 saturated heterocycles. The molecule has 4 heterocycles. The number of phenolic OH excluding ortho intramolecular Hbond substituents is 1. The molecule has 0 unspecified atom stereocenters. The highest BCUT2D eigenvalue weighted by molar-refractivity contribution is 6.08. The first kappa shape index (κ1) is 38.7. The van der Waals surface area contributed by atoms with Gasteiger partial charge in [0.1, 0.15) is 11.5 Å². The number of carbonyl (C=O) groups excluding carboxylic acids is 3. The van der Waals surface area contributed by atoms with Crippen molar-refractivity contribution in [3.8, 4) is 22.8 Å². The first-order valence-corrected chi connectivity index (χ1v) is 19.9. The van der Waals surface area contributed by atoms with Crippen molar-refractivity contribution in [2.75, 3.05) is 63.7 Å². The molecule has 1 aromatic heterocycles. The Bertz CT molecular complexity index is 2330. The largest absolute Gasteiger partial charge is 0.508 e. The molecule has 0 bridgehead atoms. The second-order valence-electron chi connectivity index (χ2n) is 15.4. The Kier molecular flexibility index (Phi) is 11.0. The van der Waals surface area contributed by atoms with Crippen molar-refractivity contribution in [3.05, 3.63) is 130 Å². The first-order chi connectivity index (χ1) is 28.1. The van der Waals surface area contributed by atoms with E-state index < -0.39 is 6.09 Å². The summed E-state index contributed by atoms with van der Waals surface area (Å²) in [4.78, 5) is 50.6. The summed E-state index contributed by atoms with van der Waals surface area (Å²) in [5, 5.41) is 12.9. The number of hydrogen-bond donors (Lipinski definition) is 2.